The molecular formula is C11H10F3NOS. The van der Waals surface area contributed by atoms with Crippen molar-refractivity contribution < 1.29 is 18.3 Å². The number of nitrogens with two attached hydrogens (primary N) is 1. The van der Waals surface area contributed by atoms with E-state index in [4.69, 9.17) is 5.73 Å². The Bertz CT molecular complexity index is 537. The summed E-state index contributed by atoms with van der Waals surface area (Å²) < 4.78 is 39.1. The van der Waals surface area contributed by atoms with Gasteiger partial charge in [-0.15, -0.1) is 11.3 Å². The second kappa shape index (κ2) is 3.97. The highest BCUT2D eigenvalue weighted by molar-refractivity contribution is 7.17. The smallest absolute Gasteiger partial charge is 0.375 e. The van der Waals surface area contributed by atoms with Crippen LogP contribution in [-0.4, -0.2) is 17.8 Å². The molecule has 0 spiro atoms. The van der Waals surface area contributed by atoms with Crippen molar-refractivity contribution in [2.75, 3.05) is 6.54 Å². The molecule has 2 aromatic rings. The monoisotopic (exact) mass is 261 g/mol. The molecule has 0 aliphatic heterocycles. The molecule has 1 heterocycles. The maximum absolute atomic E-state index is 12.9. The first-order chi connectivity index (χ1) is 7.90. The number of hydrogen-bond acceptors (Lipinski definition) is 3. The lowest BCUT2D eigenvalue weighted by Gasteiger charge is -2.29. The summed E-state index contributed by atoms with van der Waals surface area (Å²) in [6.07, 6.45) is -4.79. The summed E-state index contributed by atoms with van der Waals surface area (Å²) in [6.45, 7) is -0.895. The number of benzene rings is 1. The molecule has 6 heteroatoms. The molecule has 1 aromatic heterocycles. The average molecular weight is 261 g/mol. The lowest BCUT2D eigenvalue weighted by Crippen LogP contribution is -2.48. The topological polar surface area (TPSA) is 46.2 Å². The van der Waals surface area contributed by atoms with Crippen molar-refractivity contribution in [1.82, 2.24) is 0 Å². The van der Waals surface area contributed by atoms with Crippen LogP contribution in [0.4, 0.5) is 13.2 Å². The highest BCUT2D eigenvalue weighted by Gasteiger charge is 2.54. The molecule has 3 N–H and O–H groups in total. The van der Waals surface area contributed by atoms with Gasteiger partial charge in [0.05, 0.1) is 0 Å². The van der Waals surface area contributed by atoms with Gasteiger partial charge in [-0.25, -0.2) is 0 Å². The van der Waals surface area contributed by atoms with E-state index in [1.165, 1.54) is 12.1 Å². The number of aliphatic hydroxyl groups is 1. The van der Waals surface area contributed by atoms with Crippen LogP contribution < -0.4 is 5.73 Å². The SMILES string of the molecule is NCC(O)(c1cccc2ccsc12)C(F)(F)F. The van der Waals surface area contributed by atoms with Gasteiger partial charge in [-0.2, -0.15) is 13.2 Å². The molecule has 2 rings (SSSR count). The molecule has 0 fully saturated rings. The van der Waals surface area contributed by atoms with E-state index < -0.39 is 18.3 Å². The number of hydrogen-bond donors (Lipinski definition) is 2. The predicted octanol–water partition coefficient (Wildman–Crippen LogP) is 2.61. The minimum atomic E-state index is -4.79. The Balaban J connectivity index is 2.70. The van der Waals surface area contributed by atoms with E-state index in [-0.39, 0.29) is 5.56 Å². The molecule has 1 unspecified atom stereocenters. The fourth-order valence-electron chi connectivity index (χ4n) is 1.70. The number of rotatable bonds is 2. The molecular weight excluding hydrogens is 251 g/mol. The van der Waals surface area contributed by atoms with E-state index in [0.29, 0.717) is 10.1 Å². The molecule has 0 saturated heterocycles. The third-order valence-electron chi connectivity index (χ3n) is 2.69. The largest absolute Gasteiger partial charge is 0.422 e. The minimum Gasteiger partial charge on any atom is -0.375 e. The second-order valence-corrected chi connectivity index (χ2v) is 4.62. The first-order valence-electron chi connectivity index (χ1n) is 4.86. The Labute approximate surface area is 99.5 Å². The first-order valence-corrected chi connectivity index (χ1v) is 5.74. The fourth-order valence-corrected chi connectivity index (χ4v) is 2.68. The van der Waals surface area contributed by atoms with Crippen LogP contribution in [0, 0.1) is 0 Å². The standard InChI is InChI=1S/C11H10F3NOS/c12-11(13,14)10(16,6-15)8-3-1-2-7-4-5-17-9(7)8/h1-5,16H,6,15H2. The Morgan fingerprint density at radius 1 is 1.24 bits per heavy atom. The molecule has 0 aliphatic rings. The number of alkyl halides is 3. The van der Waals surface area contributed by atoms with Crippen LogP contribution in [0.15, 0.2) is 29.6 Å². The maximum Gasteiger partial charge on any atom is 0.422 e. The summed E-state index contributed by atoms with van der Waals surface area (Å²) in [7, 11) is 0. The van der Waals surface area contributed by atoms with Crippen molar-refractivity contribution in [3.05, 3.63) is 35.2 Å². The van der Waals surface area contributed by atoms with Crippen LogP contribution in [0.3, 0.4) is 0 Å². The van der Waals surface area contributed by atoms with Crippen molar-refractivity contribution in [3.8, 4) is 0 Å². The lowest BCUT2D eigenvalue weighted by molar-refractivity contribution is -0.261. The molecule has 1 aromatic carbocycles. The van der Waals surface area contributed by atoms with E-state index in [0.717, 1.165) is 11.3 Å². The van der Waals surface area contributed by atoms with Crippen molar-refractivity contribution in [1.29, 1.82) is 0 Å². The van der Waals surface area contributed by atoms with Gasteiger partial charge in [0, 0.05) is 16.8 Å². The van der Waals surface area contributed by atoms with Gasteiger partial charge in [0.1, 0.15) is 0 Å². The molecule has 2 nitrogen and oxygen atoms in total. The summed E-state index contributed by atoms with van der Waals surface area (Å²) >= 11 is 1.16. The number of thiophene rings is 1. The molecule has 0 radical (unpaired) electrons. The van der Waals surface area contributed by atoms with E-state index in [1.807, 2.05) is 0 Å². The van der Waals surface area contributed by atoms with Gasteiger partial charge in [0.2, 0.25) is 0 Å². The summed E-state index contributed by atoms with van der Waals surface area (Å²) in [5.41, 5.74) is 1.95. The van der Waals surface area contributed by atoms with Crippen molar-refractivity contribution in [2.45, 2.75) is 11.8 Å². The van der Waals surface area contributed by atoms with Gasteiger partial charge in [0.25, 0.3) is 0 Å². The van der Waals surface area contributed by atoms with Crippen LogP contribution in [0.2, 0.25) is 0 Å². The van der Waals surface area contributed by atoms with Crippen LogP contribution >= 0.6 is 11.3 Å². The van der Waals surface area contributed by atoms with Crippen LogP contribution in [0.25, 0.3) is 10.1 Å². The molecule has 0 amide bonds. The van der Waals surface area contributed by atoms with Crippen LogP contribution in [-0.2, 0) is 5.60 Å². The van der Waals surface area contributed by atoms with Gasteiger partial charge in [-0.05, 0) is 16.8 Å². The van der Waals surface area contributed by atoms with E-state index in [1.54, 1.807) is 17.5 Å². The Kier molecular flexibility index (Phi) is 2.89. The summed E-state index contributed by atoms with van der Waals surface area (Å²) in [5.74, 6) is 0. The maximum atomic E-state index is 12.9. The first kappa shape index (κ1) is 12.3. The molecule has 0 saturated carbocycles. The van der Waals surface area contributed by atoms with E-state index in [2.05, 4.69) is 0 Å². The Hall–Kier alpha value is -1.11. The van der Waals surface area contributed by atoms with Gasteiger partial charge >= 0.3 is 6.18 Å². The van der Waals surface area contributed by atoms with Gasteiger partial charge in [-0.1, -0.05) is 18.2 Å². The summed E-state index contributed by atoms with van der Waals surface area (Å²) in [6, 6.07) is 6.15. The van der Waals surface area contributed by atoms with Crippen LogP contribution in [0.5, 0.6) is 0 Å². The molecule has 0 bridgehead atoms. The quantitative estimate of drug-likeness (QED) is 0.873. The fraction of sp³-hybridized carbons (Fsp3) is 0.273. The predicted molar refractivity (Wildman–Crippen MR) is 60.8 cm³/mol. The molecule has 17 heavy (non-hydrogen) atoms. The van der Waals surface area contributed by atoms with Gasteiger partial charge < -0.3 is 10.8 Å². The third kappa shape index (κ3) is 1.82. The number of halogens is 3. The van der Waals surface area contributed by atoms with Crippen molar-refractivity contribution in [2.24, 2.45) is 5.73 Å². The zero-order valence-electron chi connectivity index (χ0n) is 8.66. The van der Waals surface area contributed by atoms with Gasteiger partial charge in [-0.3, -0.25) is 0 Å². The Morgan fingerprint density at radius 2 is 1.94 bits per heavy atom. The van der Waals surface area contributed by atoms with Gasteiger partial charge in [0.15, 0.2) is 5.60 Å². The summed E-state index contributed by atoms with van der Waals surface area (Å²) in [4.78, 5) is 0. The van der Waals surface area contributed by atoms with Crippen LogP contribution in [0.1, 0.15) is 5.56 Å². The highest BCUT2D eigenvalue weighted by Crippen LogP contribution is 2.42. The average Bonchev–Trinajstić information content (AvgIpc) is 2.73. The Morgan fingerprint density at radius 3 is 2.53 bits per heavy atom. The highest BCUT2D eigenvalue weighted by atomic mass is 32.1. The second-order valence-electron chi connectivity index (χ2n) is 3.71. The normalized spacial score (nSPS) is 16.1. The van der Waals surface area contributed by atoms with E-state index >= 15 is 0 Å². The third-order valence-corrected chi connectivity index (χ3v) is 3.65. The molecule has 0 aliphatic carbocycles. The summed E-state index contributed by atoms with van der Waals surface area (Å²) in [5, 5.41) is 12.2. The molecule has 92 valence electrons. The molecule has 1 atom stereocenters. The number of fused-ring (bicyclic) bond motifs is 1. The zero-order valence-corrected chi connectivity index (χ0v) is 9.48. The van der Waals surface area contributed by atoms with E-state index in [9.17, 15) is 18.3 Å². The lowest BCUT2D eigenvalue weighted by atomic mass is 9.92. The van der Waals surface area contributed by atoms with Crippen molar-refractivity contribution in [3.63, 3.8) is 0 Å². The zero-order chi connectivity index (χ0) is 12.7. The minimum absolute atomic E-state index is 0.181. The van der Waals surface area contributed by atoms with Crippen molar-refractivity contribution >= 4 is 21.4 Å².